The van der Waals surface area contributed by atoms with Gasteiger partial charge in [0.05, 0.1) is 12.4 Å². The molecule has 18 heavy (non-hydrogen) atoms. The van der Waals surface area contributed by atoms with Crippen LogP contribution in [0.25, 0.3) is 11.2 Å². The number of halogens is 1. The lowest BCUT2D eigenvalue weighted by Gasteiger charge is -2.35. The van der Waals surface area contributed by atoms with Gasteiger partial charge in [-0.15, -0.1) is 0 Å². The van der Waals surface area contributed by atoms with Crippen LogP contribution in [0.1, 0.15) is 13.3 Å². The Morgan fingerprint density at radius 2 is 2.33 bits per heavy atom. The number of aromatic amines is 1. The van der Waals surface area contributed by atoms with Crippen molar-refractivity contribution in [2.45, 2.75) is 19.4 Å². The molecule has 7 heteroatoms. The highest BCUT2D eigenvalue weighted by Gasteiger charge is 2.27. The van der Waals surface area contributed by atoms with Gasteiger partial charge in [-0.3, -0.25) is 0 Å². The van der Waals surface area contributed by atoms with Crippen LogP contribution in [-0.4, -0.2) is 44.2 Å². The summed E-state index contributed by atoms with van der Waals surface area (Å²) in [5, 5.41) is 10.1. The van der Waals surface area contributed by atoms with E-state index in [1.165, 1.54) is 0 Å². The van der Waals surface area contributed by atoms with Crippen molar-refractivity contribution in [3.8, 4) is 0 Å². The molecule has 2 unspecified atom stereocenters. The molecule has 0 aliphatic carbocycles. The predicted molar refractivity (Wildman–Crippen MR) is 68.7 cm³/mol. The number of piperidine rings is 1. The van der Waals surface area contributed by atoms with E-state index in [0.717, 1.165) is 18.5 Å². The van der Waals surface area contributed by atoms with Gasteiger partial charge in [0, 0.05) is 13.1 Å². The number of anilines is 1. The van der Waals surface area contributed by atoms with Crippen molar-refractivity contribution < 1.29 is 5.11 Å². The fraction of sp³-hybridized carbons (Fsp3) is 0.545. The van der Waals surface area contributed by atoms with Crippen molar-refractivity contribution in [3.63, 3.8) is 0 Å². The van der Waals surface area contributed by atoms with Gasteiger partial charge in [-0.25, -0.2) is 4.98 Å². The number of aromatic nitrogens is 4. The summed E-state index contributed by atoms with van der Waals surface area (Å²) in [5.74, 6) is 1.03. The van der Waals surface area contributed by atoms with Crippen molar-refractivity contribution in [2.24, 2.45) is 5.92 Å². The molecule has 0 aromatic carbocycles. The molecule has 96 valence electrons. The largest absolute Gasteiger partial charge is 0.391 e. The Hall–Kier alpha value is -1.40. The van der Waals surface area contributed by atoms with Crippen LogP contribution < -0.4 is 4.90 Å². The SMILES string of the molecule is CC1CCN(c2nc(Cl)nc3nc[nH]c23)CC1O. The van der Waals surface area contributed by atoms with E-state index in [0.29, 0.717) is 23.9 Å². The van der Waals surface area contributed by atoms with Crippen LogP contribution in [0.2, 0.25) is 5.28 Å². The maximum absolute atomic E-state index is 9.96. The minimum atomic E-state index is -0.342. The van der Waals surface area contributed by atoms with Crippen LogP contribution in [0.4, 0.5) is 5.82 Å². The lowest BCUT2D eigenvalue weighted by atomic mass is 9.96. The number of imidazole rings is 1. The Balaban J connectivity index is 2.01. The smallest absolute Gasteiger partial charge is 0.226 e. The highest BCUT2D eigenvalue weighted by Crippen LogP contribution is 2.27. The molecule has 2 aromatic rings. The molecule has 0 spiro atoms. The zero-order valence-electron chi connectivity index (χ0n) is 9.97. The number of β-amino-alcohol motifs (C(OH)–C–C–N with tert-alkyl or cyclic N) is 1. The van der Waals surface area contributed by atoms with Crippen molar-refractivity contribution in [1.82, 2.24) is 19.9 Å². The maximum Gasteiger partial charge on any atom is 0.226 e. The number of nitrogens with one attached hydrogen (secondary N) is 1. The molecule has 3 heterocycles. The Bertz CT molecular complexity index is 572. The molecule has 2 aromatic heterocycles. The van der Waals surface area contributed by atoms with Gasteiger partial charge >= 0.3 is 0 Å². The third kappa shape index (κ3) is 1.91. The predicted octanol–water partition coefficient (Wildman–Crippen LogP) is 1.21. The molecule has 1 aliphatic heterocycles. The molecule has 0 bridgehead atoms. The van der Waals surface area contributed by atoms with Gasteiger partial charge in [0.1, 0.15) is 5.52 Å². The van der Waals surface area contributed by atoms with E-state index in [1.54, 1.807) is 6.33 Å². The summed E-state index contributed by atoms with van der Waals surface area (Å²) in [6.07, 6.45) is 2.16. The van der Waals surface area contributed by atoms with Crippen LogP contribution in [0.15, 0.2) is 6.33 Å². The number of aliphatic hydroxyl groups is 1. The molecule has 1 saturated heterocycles. The molecule has 0 radical (unpaired) electrons. The van der Waals surface area contributed by atoms with Gasteiger partial charge < -0.3 is 15.0 Å². The van der Waals surface area contributed by atoms with Crippen molar-refractivity contribution >= 4 is 28.6 Å². The lowest BCUT2D eigenvalue weighted by Crippen LogP contribution is -2.43. The standard InChI is InChI=1S/C11H14ClN5O/c1-6-2-3-17(4-7(6)18)10-8-9(14-5-13-8)15-11(12)16-10/h5-7,18H,2-4H2,1H3,(H,13,14,15,16). The number of aliphatic hydroxyl groups excluding tert-OH is 1. The fourth-order valence-corrected chi connectivity index (χ4v) is 2.42. The van der Waals surface area contributed by atoms with Crippen LogP contribution in [0.5, 0.6) is 0 Å². The van der Waals surface area contributed by atoms with E-state index in [4.69, 9.17) is 11.6 Å². The molecule has 6 nitrogen and oxygen atoms in total. The number of nitrogens with zero attached hydrogens (tertiary/aromatic N) is 4. The first kappa shape index (κ1) is 11.7. The van der Waals surface area contributed by atoms with E-state index >= 15 is 0 Å². The Morgan fingerprint density at radius 1 is 1.50 bits per heavy atom. The van der Waals surface area contributed by atoms with Crippen molar-refractivity contribution in [2.75, 3.05) is 18.0 Å². The summed E-state index contributed by atoms with van der Waals surface area (Å²) in [6, 6.07) is 0. The number of hydrogen-bond acceptors (Lipinski definition) is 5. The summed E-state index contributed by atoms with van der Waals surface area (Å²) >= 11 is 5.90. The Morgan fingerprint density at radius 3 is 3.11 bits per heavy atom. The highest BCUT2D eigenvalue weighted by atomic mass is 35.5. The van der Waals surface area contributed by atoms with Gasteiger partial charge in [0.25, 0.3) is 0 Å². The fourth-order valence-electron chi connectivity index (χ4n) is 2.26. The molecule has 1 aliphatic rings. The molecule has 0 saturated carbocycles. The number of hydrogen-bond donors (Lipinski definition) is 2. The Labute approximate surface area is 109 Å². The average molecular weight is 268 g/mol. The second-order valence-electron chi connectivity index (χ2n) is 4.70. The summed E-state index contributed by atoms with van der Waals surface area (Å²) < 4.78 is 0. The van der Waals surface area contributed by atoms with Gasteiger partial charge in [0.15, 0.2) is 11.5 Å². The molecular formula is C11H14ClN5O. The topological polar surface area (TPSA) is 77.9 Å². The molecule has 0 amide bonds. The molecule has 2 N–H and O–H groups in total. The average Bonchev–Trinajstić information content (AvgIpc) is 2.79. The first-order valence-corrected chi connectivity index (χ1v) is 6.32. The first-order valence-electron chi connectivity index (χ1n) is 5.95. The van der Waals surface area contributed by atoms with E-state index in [-0.39, 0.29) is 11.4 Å². The number of H-pyrrole nitrogens is 1. The number of rotatable bonds is 1. The molecule has 2 atom stereocenters. The van der Waals surface area contributed by atoms with E-state index in [1.807, 2.05) is 4.90 Å². The van der Waals surface area contributed by atoms with Gasteiger partial charge in [-0.1, -0.05) is 6.92 Å². The van der Waals surface area contributed by atoms with E-state index in [9.17, 15) is 5.11 Å². The van der Waals surface area contributed by atoms with Crippen molar-refractivity contribution in [1.29, 1.82) is 0 Å². The van der Waals surface area contributed by atoms with Crippen molar-refractivity contribution in [3.05, 3.63) is 11.6 Å². The normalized spacial score (nSPS) is 24.7. The third-order valence-electron chi connectivity index (χ3n) is 3.46. The van der Waals surface area contributed by atoms with E-state index in [2.05, 4.69) is 26.9 Å². The van der Waals surface area contributed by atoms with Crippen LogP contribution in [-0.2, 0) is 0 Å². The summed E-state index contributed by atoms with van der Waals surface area (Å²) in [7, 11) is 0. The Kier molecular flexibility index (Phi) is 2.83. The monoisotopic (exact) mass is 267 g/mol. The quantitative estimate of drug-likeness (QED) is 0.760. The first-order chi connectivity index (χ1) is 8.65. The third-order valence-corrected chi connectivity index (χ3v) is 3.63. The molecule has 1 fully saturated rings. The molecule has 3 rings (SSSR count). The minimum Gasteiger partial charge on any atom is -0.391 e. The maximum atomic E-state index is 9.96. The van der Waals surface area contributed by atoms with Crippen LogP contribution >= 0.6 is 11.6 Å². The number of fused-ring (bicyclic) bond motifs is 1. The summed E-state index contributed by atoms with van der Waals surface area (Å²) in [6.45, 7) is 3.46. The van der Waals surface area contributed by atoms with E-state index < -0.39 is 0 Å². The summed E-state index contributed by atoms with van der Waals surface area (Å²) in [4.78, 5) is 17.4. The van der Waals surface area contributed by atoms with Gasteiger partial charge in [-0.05, 0) is 23.9 Å². The molecular weight excluding hydrogens is 254 g/mol. The second-order valence-corrected chi connectivity index (χ2v) is 5.03. The summed E-state index contributed by atoms with van der Waals surface area (Å²) in [5.41, 5.74) is 1.32. The van der Waals surface area contributed by atoms with Crippen LogP contribution in [0.3, 0.4) is 0 Å². The second kappa shape index (κ2) is 4.37. The van der Waals surface area contributed by atoms with Crippen LogP contribution in [0, 0.1) is 5.92 Å². The lowest BCUT2D eigenvalue weighted by molar-refractivity contribution is 0.102. The highest BCUT2D eigenvalue weighted by molar-refractivity contribution is 6.28. The zero-order valence-corrected chi connectivity index (χ0v) is 10.7. The van der Waals surface area contributed by atoms with Gasteiger partial charge in [-0.2, -0.15) is 9.97 Å². The minimum absolute atomic E-state index is 0.178. The zero-order chi connectivity index (χ0) is 12.7. The van der Waals surface area contributed by atoms with Gasteiger partial charge in [0.2, 0.25) is 5.28 Å².